The summed E-state index contributed by atoms with van der Waals surface area (Å²) in [5, 5.41) is 17.5. The van der Waals surface area contributed by atoms with E-state index in [2.05, 4.69) is 20.8 Å². The van der Waals surface area contributed by atoms with Crippen LogP contribution in [0.5, 0.6) is 11.5 Å². The number of nitrogens with zero attached hydrogens (tertiary/aromatic N) is 3. The Morgan fingerprint density at radius 3 is 2.72 bits per heavy atom. The molecule has 164 valence electrons. The Morgan fingerprint density at radius 2 is 2.00 bits per heavy atom. The predicted molar refractivity (Wildman–Crippen MR) is 116 cm³/mol. The van der Waals surface area contributed by atoms with E-state index in [1.54, 1.807) is 18.2 Å². The Hall–Kier alpha value is -4.54. The number of nitro groups is 1. The zero-order chi connectivity index (χ0) is 22.9. The molecule has 11 heteroatoms. The molecule has 1 aromatic heterocycles. The summed E-state index contributed by atoms with van der Waals surface area (Å²) in [7, 11) is 1.44. The monoisotopic (exact) mass is 439 g/mol. The number of amides is 1. The van der Waals surface area contributed by atoms with E-state index in [0.29, 0.717) is 22.7 Å². The van der Waals surface area contributed by atoms with Crippen LogP contribution < -0.4 is 20.2 Å². The van der Waals surface area contributed by atoms with Crippen LogP contribution in [0.3, 0.4) is 0 Å². The van der Waals surface area contributed by atoms with Crippen LogP contribution in [0.4, 0.5) is 21.6 Å². The molecule has 0 radical (unpaired) electrons. The van der Waals surface area contributed by atoms with Gasteiger partial charge in [0.15, 0.2) is 18.1 Å². The van der Waals surface area contributed by atoms with E-state index in [9.17, 15) is 19.3 Å². The first-order valence-electron chi connectivity index (χ1n) is 9.21. The van der Waals surface area contributed by atoms with Crippen molar-refractivity contribution in [3.8, 4) is 11.5 Å². The van der Waals surface area contributed by atoms with Crippen molar-refractivity contribution < 1.29 is 23.6 Å². The van der Waals surface area contributed by atoms with Gasteiger partial charge in [0.25, 0.3) is 5.91 Å². The maximum atomic E-state index is 12.9. The van der Waals surface area contributed by atoms with E-state index < -0.39 is 16.6 Å². The molecule has 0 atom stereocenters. The zero-order valence-corrected chi connectivity index (χ0v) is 16.8. The number of benzene rings is 2. The number of carbonyl (C=O) groups excluding carboxylic acids is 1. The maximum Gasteiger partial charge on any atom is 0.313 e. The standard InChI is InChI=1S/C21H18FN5O5/c1-31-19-11-14(12-24-26-21-17(27(29)30)3-2-10-23-21)4-9-18(19)32-13-20(28)25-16-7-5-15(22)6-8-16/h2-12H,13H2,1H3,(H,23,26)(H,25,28)/b24-12-. The molecular formula is C21H18FN5O5. The number of halogens is 1. The Morgan fingerprint density at radius 1 is 1.22 bits per heavy atom. The fourth-order valence-electron chi connectivity index (χ4n) is 2.56. The van der Waals surface area contributed by atoms with Gasteiger partial charge >= 0.3 is 5.69 Å². The number of aromatic nitrogens is 1. The molecule has 1 amide bonds. The lowest BCUT2D eigenvalue weighted by molar-refractivity contribution is -0.384. The smallest absolute Gasteiger partial charge is 0.313 e. The topological polar surface area (TPSA) is 128 Å². The number of ether oxygens (including phenoxy) is 2. The van der Waals surface area contributed by atoms with E-state index in [4.69, 9.17) is 9.47 Å². The number of hydrazone groups is 1. The van der Waals surface area contributed by atoms with Crippen LogP contribution in [0, 0.1) is 15.9 Å². The molecule has 0 saturated heterocycles. The molecule has 2 N–H and O–H groups in total. The summed E-state index contributed by atoms with van der Waals surface area (Å²) in [6, 6.07) is 13.0. The van der Waals surface area contributed by atoms with Crippen LogP contribution in [0.15, 0.2) is 65.9 Å². The van der Waals surface area contributed by atoms with Gasteiger partial charge in [0.1, 0.15) is 5.82 Å². The lowest BCUT2D eigenvalue weighted by Gasteiger charge is -2.11. The quantitative estimate of drug-likeness (QED) is 0.296. The first-order chi connectivity index (χ1) is 15.5. The van der Waals surface area contributed by atoms with Gasteiger partial charge in [-0.1, -0.05) is 0 Å². The third-order valence-electron chi connectivity index (χ3n) is 4.04. The summed E-state index contributed by atoms with van der Waals surface area (Å²) in [6.45, 7) is -0.286. The minimum absolute atomic E-state index is 0.00725. The molecule has 10 nitrogen and oxygen atoms in total. The van der Waals surface area contributed by atoms with E-state index in [-0.39, 0.29) is 18.1 Å². The number of rotatable bonds is 9. The van der Waals surface area contributed by atoms with Crippen molar-refractivity contribution in [1.29, 1.82) is 0 Å². The van der Waals surface area contributed by atoms with Crippen LogP contribution in [0.2, 0.25) is 0 Å². The van der Waals surface area contributed by atoms with Crippen LogP contribution in [-0.4, -0.2) is 35.7 Å². The maximum absolute atomic E-state index is 12.9. The van der Waals surface area contributed by atoms with Gasteiger partial charge in [-0.2, -0.15) is 5.10 Å². The highest BCUT2D eigenvalue weighted by Gasteiger charge is 2.13. The van der Waals surface area contributed by atoms with Gasteiger partial charge in [-0.3, -0.25) is 20.3 Å². The van der Waals surface area contributed by atoms with E-state index in [1.165, 1.54) is 55.9 Å². The Kier molecular flexibility index (Phi) is 7.25. The van der Waals surface area contributed by atoms with Crippen molar-refractivity contribution in [3.05, 3.63) is 82.3 Å². The minimum Gasteiger partial charge on any atom is -0.493 e. The highest BCUT2D eigenvalue weighted by molar-refractivity contribution is 5.91. The summed E-state index contributed by atoms with van der Waals surface area (Å²) in [5.41, 5.74) is 3.38. The molecule has 0 unspecified atom stereocenters. The van der Waals surface area contributed by atoms with Crippen molar-refractivity contribution in [2.24, 2.45) is 5.10 Å². The number of hydrogen-bond donors (Lipinski definition) is 2. The molecule has 32 heavy (non-hydrogen) atoms. The molecule has 0 bridgehead atoms. The normalized spacial score (nSPS) is 10.6. The van der Waals surface area contributed by atoms with Gasteiger partial charge in [0.05, 0.1) is 18.2 Å². The van der Waals surface area contributed by atoms with Gasteiger partial charge in [-0.05, 0) is 54.1 Å². The minimum atomic E-state index is -0.563. The lowest BCUT2D eigenvalue weighted by Crippen LogP contribution is -2.20. The van der Waals surface area contributed by atoms with Crippen molar-refractivity contribution >= 4 is 29.3 Å². The molecule has 0 spiro atoms. The van der Waals surface area contributed by atoms with Gasteiger partial charge in [0.2, 0.25) is 5.82 Å². The molecule has 0 saturated carbocycles. The zero-order valence-electron chi connectivity index (χ0n) is 16.8. The number of anilines is 2. The first kappa shape index (κ1) is 22.2. The van der Waals surface area contributed by atoms with Crippen molar-refractivity contribution in [3.63, 3.8) is 0 Å². The second kappa shape index (κ2) is 10.5. The van der Waals surface area contributed by atoms with Gasteiger partial charge < -0.3 is 14.8 Å². The summed E-state index contributed by atoms with van der Waals surface area (Å²) < 4.78 is 23.7. The molecule has 0 fully saturated rings. The third-order valence-corrected chi connectivity index (χ3v) is 4.04. The Balaban J connectivity index is 1.60. The number of hydrogen-bond acceptors (Lipinski definition) is 8. The fourth-order valence-corrected chi connectivity index (χ4v) is 2.56. The Bertz CT molecular complexity index is 1140. The summed E-state index contributed by atoms with van der Waals surface area (Å²) >= 11 is 0. The summed E-state index contributed by atoms with van der Waals surface area (Å²) in [6.07, 6.45) is 2.83. The first-order valence-corrected chi connectivity index (χ1v) is 9.21. The van der Waals surface area contributed by atoms with Gasteiger partial charge in [-0.15, -0.1) is 0 Å². The third kappa shape index (κ3) is 5.98. The van der Waals surface area contributed by atoms with Crippen molar-refractivity contribution in [2.75, 3.05) is 24.5 Å². The summed E-state index contributed by atoms with van der Waals surface area (Å²) in [4.78, 5) is 26.4. The molecule has 3 rings (SSSR count). The molecule has 0 aliphatic carbocycles. The Labute approximate surface area is 181 Å². The SMILES string of the molecule is COc1cc(/C=N\Nc2ncccc2[N+](=O)[O-])ccc1OCC(=O)Nc1ccc(F)cc1. The van der Waals surface area contributed by atoms with Gasteiger partial charge in [-0.25, -0.2) is 9.37 Å². The van der Waals surface area contributed by atoms with E-state index >= 15 is 0 Å². The van der Waals surface area contributed by atoms with E-state index in [1.807, 2.05) is 0 Å². The number of carbonyl (C=O) groups is 1. The van der Waals surface area contributed by atoms with Crippen LogP contribution in [0.25, 0.3) is 0 Å². The highest BCUT2D eigenvalue weighted by atomic mass is 19.1. The molecular weight excluding hydrogens is 421 g/mol. The van der Waals surface area contributed by atoms with E-state index in [0.717, 1.165) is 0 Å². The molecule has 0 aliphatic rings. The molecule has 3 aromatic rings. The van der Waals surface area contributed by atoms with Crippen molar-refractivity contribution in [2.45, 2.75) is 0 Å². The largest absolute Gasteiger partial charge is 0.493 e. The number of methoxy groups -OCH3 is 1. The average molecular weight is 439 g/mol. The lowest BCUT2D eigenvalue weighted by atomic mass is 10.2. The predicted octanol–water partition coefficient (Wildman–Crippen LogP) is 3.60. The second-order valence-electron chi connectivity index (χ2n) is 6.25. The molecule has 1 heterocycles. The van der Waals surface area contributed by atoms with Crippen LogP contribution >= 0.6 is 0 Å². The molecule has 2 aromatic carbocycles. The number of nitrogens with one attached hydrogen (secondary N) is 2. The highest BCUT2D eigenvalue weighted by Crippen LogP contribution is 2.27. The van der Waals surface area contributed by atoms with Crippen molar-refractivity contribution in [1.82, 2.24) is 4.98 Å². The van der Waals surface area contributed by atoms with Crippen LogP contribution in [-0.2, 0) is 4.79 Å². The second-order valence-corrected chi connectivity index (χ2v) is 6.25. The van der Waals surface area contributed by atoms with Crippen LogP contribution in [0.1, 0.15) is 5.56 Å². The summed E-state index contributed by atoms with van der Waals surface area (Å²) in [5.74, 6) is -0.140. The fraction of sp³-hybridized carbons (Fsp3) is 0.0952. The molecule has 0 aliphatic heterocycles. The number of pyridine rings is 1. The average Bonchev–Trinajstić information content (AvgIpc) is 2.79. The van der Waals surface area contributed by atoms with Gasteiger partial charge in [0, 0.05) is 18.0 Å².